The lowest BCUT2D eigenvalue weighted by Crippen LogP contribution is -1.98. The first-order valence-corrected chi connectivity index (χ1v) is 6.96. The van der Waals surface area contributed by atoms with Crippen LogP contribution in [0.2, 0.25) is 0 Å². The molecule has 0 saturated carbocycles. The summed E-state index contributed by atoms with van der Waals surface area (Å²) < 4.78 is 4.85. The van der Waals surface area contributed by atoms with Gasteiger partial charge in [0.1, 0.15) is 0 Å². The molecule has 1 N–H and O–H groups in total. The van der Waals surface area contributed by atoms with Crippen LogP contribution in [0.3, 0.4) is 0 Å². The largest absolute Gasteiger partial charge is 0.463 e. The number of anilines is 1. The Hall–Kier alpha value is -2.55. The predicted octanol–water partition coefficient (Wildman–Crippen LogP) is 3.97. The summed E-state index contributed by atoms with van der Waals surface area (Å²) in [6.45, 7) is 2.18. The molecule has 0 aliphatic heterocycles. The summed E-state index contributed by atoms with van der Waals surface area (Å²) in [4.78, 5) is 11.3. The van der Waals surface area contributed by atoms with Crippen molar-refractivity contribution in [3.05, 3.63) is 60.2 Å². The van der Waals surface area contributed by atoms with Crippen molar-refractivity contribution in [3.8, 4) is 11.1 Å². The number of esters is 1. The first-order chi connectivity index (χ1) is 10.2. The van der Waals surface area contributed by atoms with Gasteiger partial charge in [0.2, 0.25) is 0 Å². The molecule has 0 aliphatic carbocycles. The van der Waals surface area contributed by atoms with Gasteiger partial charge >= 0.3 is 5.97 Å². The van der Waals surface area contributed by atoms with Gasteiger partial charge in [-0.1, -0.05) is 36.4 Å². The van der Waals surface area contributed by atoms with Gasteiger partial charge in [-0.2, -0.15) is 0 Å². The van der Waals surface area contributed by atoms with E-state index in [1.807, 2.05) is 43.4 Å². The molecule has 0 heterocycles. The number of hydrogen-bond acceptors (Lipinski definition) is 3. The summed E-state index contributed by atoms with van der Waals surface area (Å²) in [6, 6.07) is 16.3. The van der Waals surface area contributed by atoms with Crippen molar-refractivity contribution in [2.75, 3.05) is 19.0 Å². The third-order valence-electron chi connectivity index (χ3n) is 3.09. The molecule has 0 saturated heterocycles. The molecule has 2 aromatic rings. The summed E-state index contributed by atoms with van der Waals surface area (Å²) in [5.74, 6) is -0.316. The van der Waals surface area contributed by atoms with E-state index in [4.69, 9.17) is 4.74 Å². The Morgan fingerprint density at radius 1 is 1.14 bits per heavy atom. The van der Waals surface area contributed by atoms with Crippen LogP contribution in [0.4, 0.5) is 5.69 Å². The molecule has 108 valence electrons. The summed E-state index contributed by atoms with van der Waals surface area (Å²) >= 11 is 0. The van der Waals surface area contributed by atoms with Gasteiger partial charge in [-0.15, -0.1) is 0 Å². The second kappa shape index (κ2) is 7.29. The molecule has 2 rings (SSSR count). The number of carbonyl (C=O) groups is 1. The fraction of sp³-hybridized carbons (Fsp3) is 0.167. The zero-order chi connectivity index (χ0) is 15.1. The number of ether oxygens (including phenoxy) is 1. The van der Waals surface area contributed by atoms with E-state index < -0.39 is 0 Å². The van der Waals surface area contributed by atoms with E-state index >= 15 is 0 Å². The van der Waals surface area contributed by atoms with Crippen molar-refractivity contribution in [2.24, 2.45) is 0 Å². The normalized spacial score (nSPS) is 10.6. The van der Waals surface area contributed by atoms with Gasteiger partial charge in [-0.3, -0.25) is 0 Å². The van der Waals surface area contributed by atoms with Gasteiger partial charge in [0, 0.05) is 18.8 Å². The fourth-order valence-electron chi connectivity index (χ4n) is 2.00. The van der Waals surface area contributed by atoms with Gasteiger partial charge in [0.25, 0.3) is 0 Å². The Bertz CT molecular complexity index is 630. The molecular formula is C18H19NO2. The molecule has 0 atom stereocenters. The number of carbonyl (C=O) groups excluding carboxylic acids is 1. The first-order valence-electron chi connectivity index (χ1n) is 6.96. The molecule has 0 amide bonds. The van der Waals surface area contributed by atoms with Crippen LogP contribution >= 0.6 is 0 Å². The number of rotatable bonds is 5. The Morgan fingerprint density at radius 2 is 1.90 bits per heavy atom. The molecule has 2 aromatic carbocycles. The summed E-state index contributed by atoms with van der Waals surface area (Å²) in [5.41, 5.74) is 4.35. The van der Waals surface area contributed by atoms with Crippen LogP contribution in [0.15, 0.2) is 54.6 Å². The molecule has 3 nitrogen and oxygen atoms in total. The monoisotopic (exact) mass is 281 g/mol. The van der Waals surface area contributed by atoms with Crippen molar-refractivity contribution in [1.82, 2.24) is 0 Å². The van der Waals surface area contributed by atoms with Gasteiger partial charge in [0.15, 0.2) is 0 Å². The van der Waals surface area contributed by atoms with E-state index in [0.717, 1.165) is 22.4 Å². The highest BCUT2D eigenvalue weighted by molar-refractivity contribution is 5.87. The molecule has 0 aromatic heterocycles. The maximum atomic E-state index is 11.3. The van der Waals surface area contributed by atoms with Crippen LogP contribution in [0.1, 0.15) is 12.5 Å². The average molecular weight is 281 g/mol. The molecule has 0 unspecified atom stereocenters. The van der Waals surface area contributed by atoms with Crippen LogP contribution in [0, 0.1) is 0 Å². The highest BCUT2D eigenvalue weighted by Gasteiger charge is 1.99. The Labute approximate surface area is 125 Å². The molecule has 0 radical (unpaired) electrons. The second-order valence-electron chi connectivity index (χ2n) is 4.54. The van der Waals surface area contributed by atoms with E-state index in [2.05, 4.69) is 17.4 Å². The van der Waals surface area contributed by atoms with Crippen LogP contribution in [0.25, 0.3) is 17.2 Å². The number of hydrogen-bond donors (Lipinski definition) is 1. The molecule has 0 aliphatic rings. The smallest absolute Gasteiger partial charge is 0.330 e. The lowest BCUT2D eigenvalue weighted by Gasteiger charge is -2.05. The van der Waals surface area contributed by atoms with Crippen molar-refractivity contribution in [1.29, 1.82) is 0 Å². The number of nitrogens with one attached hydrogen (secondary N) is 1. The van der Waals surface area contributed by atoms with Gasteiger partial charge in [-0.05, 0) is 41.8 Å². The fourth-order valence-corrected chi connectivity index (χ4v) is 2.00. The molecule has 3 heteroatoms. The van der Waals surface area contributed by atoms with E-state index in [-0.39, 0.29) is 5.97 Å². The van der Waals surface area contributed by atoms with Crippen molar-refractivity contribution >= 4 is 17.7 Å². The molecule has 0 spiro atoms. The summed E-state index contributed by atoms with van der Waals surface area (Å²) in [7, 11) is 1.91. The highest BCUT2D eigenvalue weighted by atomic mass is 16.5. The number of benzene rings is 2. The molecule has 0 bridgehead atoms. The standard InChI is InChI=1S/C18H19NO2/c1-3-21-18(20)12-9-14-7-10-15(11-8-14)16-5-4-6-17(13-16)19-2/h4-13,19H,3H2,1-2H3/b12-9+. The van der Waals surface area contributed by atoms with Gasteiger partial charge < -0.3 is 10.1 Å². The lowest BCUT2D eigenvalue weighted by atomic mass is 10.0. The molecular weight excluding hydrogens is 262 g/mol. The zero-order valence-corrected chi connectivity index (χ0v) is 12.3. The van der Waals surface area contributed by atoms with Crippen LogP contribution in [-0.2, 0) is 9.53 Å². The molecule has 21 heavy (non-hydrogen) atoms. The maximum Gasteiger partial charge on any atom is 0.330 e. The first kappa shape index (κ1) is 14.9. The minimum atomic E-state index is -0.316. The minimum Gasteiger partial charge on any atom is -0.463 e. The summed E-state index contributed by atoms with van der Waals surface area (Å²) in [5, 5.41) is 3.13. The maximum absolute atomic E-state index is 11.3. The second-order valence-corrected chi connectivity index (χ2v) is 4.54. The minimum absolute atomic E-state index is 0.316. The van der Waals surface area contributed by atoms with Crippen LogP contribution in [-0.4, -0.2) is 19.6 Å². The van der Waals surface area contributed by atoms with Crippen molar-refractivity contribution in [2.45, 2.75) is 6.92 Å². The van der Waals surface area contributed by atoms with Crippen LogP contribution < -0.4 is 5.32 Å². The van der Waals surface area contributed by atoms with E-state index in [1.165, 1.54) is 6.08 Å². The van der Waals surface area contributed by atoms with Crippen LogP contribution in [0.5, 0.6) is 0 Å². The van der Waals surface area contributed by atoms with Crippen molar-refractivity contribution < 1.29 is 9.53 Å². The van der Waals surface area contributed by atoms with E-state index in [0.29, 0.717) is 6.61 Å². The average Bonchev–Trinajstić information content (AvgIpc) is 2.54. The Kier molecular flexibility index (Phi) is 5.16. The third kappa shape index (κ3) is 4.21. The Morgan fingerprint density at radius 3 is 2.57 bits per heavy atom. The predicted molar refractivity (Wildman–Crippen MR) is 87.1 cm³/mol. The highest BCUT2D eigenvalue weighted by Crippen LogP contribution is 2.23. The summed E-state index contributed by atoms with van der Waals surface area (Å²) in [6.07, 6.45) is 3.20. The topological polar surface area (TPSA) is 38.3 Å². The van der Waals surface area contributed by atoms with Gasteiger partial charge in [0.05, 0.1) is 6.61 Å². The Balaban J connectivity index is 2.13. The quantitative estimate of drug-likeness (QED) is 0.665. The SMILES string of the molecule is CCOC(=O)/C=C/c1ccc(-c2cccc(NC)c2)cc1. The zero-order valence-electron chi connectivity index (χ0n) is 12.3. The van der Waals surface area contributed by atoms with E-state index in [1.54, 1.807) is 13.0 Å². The third-order valence-corrected chi connectivity index (χ3v) is 3.09. The molecule has 0 fully saturated rings. The van der Waals surface area contributed by atoms with Crippen molar-refractivity contribution in [3.63, 3.8) is 0 Å². The lowest BCUT2D eigenvalue weighted by molar-refractivity contribution is -0.137. The van der Waals surface area contributed by atoms with E-state index in [9.17, 15) is 4.79 Å². The van der Waals surface area contributed by atoms with Gasteiger partial charge in [-0.25, -0.2) is 4.79 Å².